The largest absolute Gasteiger partial charge is 0.444 e. The Balaban J connectivity index is 1.28. The molecule has 0 bridgehead atoms. The van der Waals surface area contributed by atoms with Gasteiger partial charge in [0.25, 0.3) is 5.56 Å². The molecule has 202 valence electrons. The molecule has 4 rings (SSSR count). The number of aromatic amines is 1. The minimum Gasteiger partial charge on any atom is -0.444 e. The van der Waals surface area contributed by atoms with E-state index in [1.54, 1.807) is 23.2 Å². The summed E-state index contributed by atoms with van der Waals surface area (Å²) >= 11 is 0. The maximum Gasteiger partial charge on any atom is 0.410 e. The van der Waals surface area contributed by atoms with Gasteiger partial charge in [-0.3, -0.25) is 9.78 Å². The molecule has 1 fully saturated rings. The Hall–Kier alpha value is -4.49. The van der Waals surface area contributed by atoms with E-state index in [0.717, 1.165) is 24.0 Å². The number of likely N-dealkylation sites (tertiary alicyclic amines) is 1. The summed E-state index contributed by atoms with van der Waals surface area (Å²) in [7, 11) is 0. The molecule has 0 radical (unpaired) electrons. The molecule has 1 aromatic heterocycles. The van der Waals surface area contributed by atoms with Crippen molar-refractivity contribution in [3.63, 3.8) is 0 Å². The number of amides is 1. The summed E-state index contributed by atoms with van der Waals surface area (Å²) in [4.78, 5) is 33.2. The maximum atomic E-state index is 12.4. The van der Waals surface area contributed by atoms with Crippen LogP contribution in [0.25, 0.3) is 11.3 Å². The van der Waals surface area contributed by atoms with Gasteiger partial charge in [-0.15, -0.1) is 0 Å². The normalized spacial score (nSPS) is 14.3. The number of anilines is 1. The van der Waals surface area contributed by atoms with Crippen molar-refractivity contribution >= 4 is 18.3 Å². The lowest BCUT2D eigenvalue weighted by atomic mass is 10.1. The first-order chi connectivity index (χ1) is 18.7. The molecule has 10 nitrogen and oxygen atoms in total. The number of hydrazone groups is 1. The molecule has 10 heteroatoms. The first-order valence-corrected chi connectivity index (χ1v) is 12.8. The molecular formula is C29H32N6O4. The van der Waals surface area contributed by atoms with Crippen LogP contribution in [-0.4, -0.2) is 52.0 Å². The van der Waals surface area contributed by atoms with E-state index in [1.165, 1.54) is 0 Å². The van der Waals surface area contributed by atoms with Crippen LogP contribution in [0.1, 0.15) is 50.3 Å². The van der Waals surface area contributed by atoms with E-state index in [9.17, 15) is 14.9 Å². The molecule has 2 aromatic carbocycles. The first-order valence-electron chi connectivity index (χ1n) is 12.8. The number of H-pyrrole nitrogens is 1. The number of benzene rings is 2. The number of aromatic nitrogens is 2. The van der Waals surface area contributed by atoms with Crippen molar-refractivity contribution in [2.75, 3.05) is 18.5 Å². The Morgan fingerprint density at radius 2 is 1.87 bits per heavy atom. The molecule has 0 saturated carbocycles. The third kappa shape index (κ3) is 7.75. The molecule has 3 aromatic rings. The molecule has 2 heterocycles. The number of hydrogen-bond donors (Lipinski definition) is 2. The van der Waals surface area contributed by atoms with Gasteiger partial charge >= 0.3 is 6.09 Å². The fourth-order valence-corrected chi connectivity index (χ4v) is 4.05. The van der Waals surface area contributed by atoms with E-state index in [2.05, 4.69) is 20.5 Å². The van der Waals surface area contributed by atoms with Gasteiger partial charge in [0.15, 0.2) is 0 Å². The molecule has 0 unspecified atom stereocenters. The molecule has 0 spiro atoms. The van der Waals surface area contributed by atoms with Crippen molar-refractivity contribution in [1.82, 2.24) is 14.9 Å². The van der Waals surface area contributed by atoms with Crippen molar-refractivity contribution < 1.29 is 14.3 Å². The van der Waals surface area contributed by atoms with Crippen LogP contribution in [-0.2, 0) is 16.1 Å². The summed E-state index contributed by atoms with van der Waals surface area (Å²) < 4.78 is 11.5. The number of ether oxygens (including phenoxy) is 2. The van der Waals surface area contributed by atoms with Crippen LogP contribution in [0.2, 0.25) is 0 Å². The van der Waals surface area contributed by atoms with Crippen LogP contribution >= 0.6 is 0 Å². The number of hydrogen-bond acceptors (Lipinski definition) is 8. The van der Waals surface area contributed by atoms with Crippen molar-refractivity contribution in [1.29, 1.82) is 5.26 Å². The van der Waals surface area contributed by atoms with Crippen LogP contribution in [0.3, 0.4) is 0 Å². The number of carbonyl (C=O) groups excluding carboxylic acids is 1. The molecule has 0 aliphatic carbocycles. The van der Waals surface area contributed by atoms with E-state index in [4.69, 9.17) is 9.47 Å². The van der Waals surface area contributed by atoms with Crippen LogP contribution in [0.4, 0.5) is 10.7 Å². The second-order valence-electron chi connectivity index (χ2n) is 10.2. The minimum atomic E-state index is -0.538. The van der Waals surface area contributed by atoms with Gasteiger partial charge in [0.2, 0.25) is 5.95 Å². The van der Waals surface area contributed by atoms with Gasteiger partial charge in [-0.2, -0.15) is 10.4 Å². The molecule has 1 amide bonds. The average Bonchev–Trinajstić information content (AvgIpc) is 2.92. The van der Waals surface area contributed by atoms with Gasteiger partial charge in [-0.1, -0.05) is 54.6 Å². The summed E-state index contributed by atoms with van der Waals surface area (Å²) in [6.45, 7) is 7.31. The number of carbonyl (C=O) groups is 1. The van der Waals surface area contributed by atoms with Crippen LogP contribution in [0.15, 0.2) is 64.5 Å². The number of nitrogens with zero attached hydrogens (tertiary/aromatic N) is 4. The molecule has 0 atom stereocenters. The summed E-state index contributed by atoms with van der Waals surface area (Å²) in [5, 5.41) is 13.6. The smallest absolute Gasteiger partial charge is 0.410 e. The Morgan fingerprint density at radius 1 is 1.18 bits per heavy atom. The average molecular weight is 529 g/mol. The molecular weight excluding hydrogens is 496 g/mol. The van der Waals surface area contributed by atoms with Crippen LogP contribution in [0.5, 0.6) is 0 Å². The van der Waals surface area contributed by atoms with Crippen LogP contribution < -0.4 is 11.0 Å². The topological polar surface area (TPSA) is 133 Å². The lowest BCUT2D eigenvalue weighted by Gasteiger charge is -2.33. The highest BCUT2D eigenvalue weighted by Gasteiger charge is 2.27. The zero-order valence-electron chi connectivity index (χ0n) is 22.3. The van der Waals surface area contributed by atoms with Gasteiger partial charge in [0.1, 0.15) is 17.2 Å². The highest BCUT2D eigenvalue weighted by atomic mass is 16.6. The number of nitriles is 1. The number of piperidine rings is 1. The molecule has 2 N–H and O–H groups in total. The van der Waals surface area contributed by atoms with Crippen LogP contribution in [0, 0.1) is 11.3 Å². The van der Waals surface area contributed by atoms with Gasteiger partial charge in [0, 0.05) is 18.7 Å². The van der Waals surface area contributed by atoms with Crippen molar-refractivity contribution in [2.45, 2.75) is 51.9 Å². The zero-order valence-corrected chi connectivity index (χ0v) is 22.3. The predicted molar refractivity (Wildman–Crippen MR) is 148 cm³/mol. The highest BCUT2D eigenvalue weighted by molar-refractivity contribution is 5.80. The van der Waals surface area contributed by atoms with Crippen molar-refractivity contribution in [3.8, 4) is 17.3 Å². The Morgan fingerprint density at radius 3 is 2.51 bits per heavy atom. The lowest BCUT2D eigenvalue weighted by molar-refractivity contribution is -0.0170. The fraction of sp³-hybridized carbons (Fsp3) is 0.345. The predicted octanol–water partition coefficient (Wildman–Crippen LogP) is 4.67. The fourth-order valence-electron chi connectivity index (χ4n) is 4.05. The maximum absolute atomic E-state index is 12.4. The monoisotopic (exact) mass is 528 g/mol. The molecule has 1 saturated heterocycles. The minimum absolute atomic E-state index is 0.0536. The Bertz CT molecular complexity index is 1400. The van der Waals surface area contributed by atoms with Gasteiger partial charge in [-0.25, -0.2) is 15.2 Å². The zero-order chi connectivity index (χ0) is 27.8. The SMILES string of the molecule is CC(C)(C)OC(=O)N1CCC(OCc2ccc(C=NNc3nc(-c4ccccc4)c(C#N)c(=O)[nH]3)cc2)CC1. The van der Waals surface area contributed by atoms with E-state index < -0.39 is 11.2 Å². The van der Waals surface area contributed by atoms with Gasteiger partial charge in [0.05, 0.1) is 24.6 Å². The van der Waals surface area contributed by atoms with E-state index in [-0.39, 0.29) is 23.7 Å². The van der Waals surface area contributed by atoms with E-state index >= 15 is 0 Å². The van der Waals surface area contributed by atoms with E-state index in [1.807, 2.05) is 69.3 Å². The molecule has 1 aliphatic rings. The Labute approximate surface area is 227 Å². The first kappa shape index (κ1) is 27.5. The summed E-state index contributed by atoms with van der Waals surface area (Å²) in [5.41, 5.74) is 4.47. The van der Waals surface area contributed by atoms with Crippen molar-refractivity contribution in [2.24, 2.45) is 5.10 Å². The lowest BCUT2D eigenvalue weighted by Crippen LogP contribution is -2.43. The quantitative estimate of drug-likeness (QED) is 0.336. The molecule has 39 heavy (non-hydrogen) atoms. The van der Waals surface area contributed by atoms with E-state index in [0.29, 0.717) is 31.0 Å². The van der Waals surface area contributed by atoms with Gasteiger partial charge < -0.3 is 14.4 Å². The summed E-state index contributed by atoms with van der Waals surface area (Å²) in [6.07, 6.45) is 2.97. The third-order valence-electron chi connectivity index (χ3n) is 6.02. The molecule has 1 aliphatic heterocycles. The highest BCUT2D eigenvalue weighted by Crippen LogP contribution is 2.20. The summed E-state index contributed by atoms with van der Waals surface area (Å²) in [6, 6.07) is 18.7. The Kier molecular flexibility index (Phi) is 8.74. The third-order valence-corrected chi connectivity index (χ3v) is 6.02. The van der Waals surface area contributed by atoms with Crippen molar-refractivity contribution in [3.05, 3.63) is 81.6 Å². The summed E-state index contributed by atoms with van der Waals surface area (Å²) in [5.74, 6) is 0.136. The van der Waals surface area contributed by atoms with Gasteiger partial charge in [-0.05, 0) is 44.7 Å². The standard InChI is InChI=1S/C29H32N6O4/c1-29(2,3)39-28(37)35-15-13-23(14-16-35)38-19-21-11-9-20(10-12-21)18-31-34-27-32-25(22-7-5-4-6-8-22)24(17-30)26(36)33-27/h4-12,18,23H,13-16,19H2,1-3H3,(H2,32,33,34,36). The second-order valence-corrected chi connectivity index (χ2v) is 10.2. The number of nitrogens with one attached hydrogen (secondary N) is 2. The second kappa shape index (κ2) is 12.4. The number of rotatable bonds is 7.